The average Bonchev–Trinajstić information content (AvgIpc) is 2.73. The van der Waals surface area contributed by atoms with Crippen LogP contribution in [0.5, 0.6) is 0 Å². The first-order valence-electron chi connectivity index (χ1n) is 6.62. The van der Waals surface area contributed by atoms with E-state index >= 15 is 0 Å². The third kappa shape index (κ3) is 3.40. The molecule has 2 saturated heterocycles. The lowest BCUT2D eigenvalue weighted by Gasteiger charge is -2.32. The molecule has 17 heavy (non-hydrogen) atoms. The molecule has 2 aliphatic rings. The van der Waals surface area contributed by atoms with Crippen LogP contribution in [0.3, 0.4) is 0 Å². The second kappa shape index (κ2) is 6.33. The van der Waals surface area contributed by atoms with Gasteiger partial charge < -0.3 is 15.8 Å². The van der Waals surface area contributed by atoms with Gasteiger partial charge in [-0.3, -0.25) is 9.69 Å². The van der Waals surface area contributed by atoms with Crippen LogP contribution < -0.4 is 11.1 Å². The average molecular weight is 241 g/mol. The first kappa shape index (κ1) is 12.8. The summed E-state index contributed by atoms with van der Waals surface area (Å²) < 4.78 is 5.14. The Bertz CT molecular complexity index is 260. The van der Waals surface area contributed by atoms with Crippen LogP contribution in [0, 0.1) is 0 Å². The molecule has 2 fully saturated rings. The molecule has 1 amide bonds. The Labute approximate surface area is 103 Å². The van der Waals surface area contributed by atoms with E-state index in [0.717, 1.165) is 13.0 Å². The topological polar surface area (TPSA) is 67.6 Å². The van der Waals surface area contributed by atoms with E-state index in [1.807, 2.05) is 0 Å². The number of amides is 1. The number of nitrogens with zero attached hydrogens (tertiary/aromatic N) is 1. The molecule has 0 aliphatic carbocycles. The maximum atomic E-state index is 11.7. The largest absolute Gasteiger partial charge is 0.370 e. The number of nitrogens with one attached hydrogen (secondary N) is 1. The van der Waals surface area contributed by atoms with E-state index < -0.39 is 0 Å². The van der Waals surface area contributed by atoms with Crippen LogP contribution in [0.2, 0.25) is 0 Å². The maximum Gasteiger partial charge on any atom is 0.246 e. The summed E-state index contributed by atoms with van der Waals surface area (Å²) in [6.07, 6.45) is 4.88. The fourth-order valence-electron chi connectivity index (χ4n) is 2.91. The van der Waals surface area contributed by atoms with Crippen LogP contribution >= 0.6 is 0 Å². The van der Waals surface area contributed by atoms with Crippen LogP contribution in [-0.2, 0) is 9.53 Å². The van der Waals surface area contributed by atoms with Gasteiger partial charge >= 0.3 is 0 Å². The molecule has 5 heteroatoms. The van der Waals surface area contributed by atoms with Gasteiger partial charge in [-0.05, 0) is 25.8 Å². The minimum atomic E-state index is -0.00382. The highest BCUT2D eigenvalue weighted by molar-refractivity contribution is 5.77. The molecule has 0 bridgehead atoms. The van der Waals surface area contributed by atoms with E-state index in [0.29, 0.717) is 25.2 Å². The highest BCUT2D eigenvalue weighted by atomic mass is 16.5. The van der Waals surface area contributed by atoms with Gasteiger partial charge in [-0.25, -0.2) is 0 Å². The van der Waals surface area contributed by atoms with Gasteiger partial charge in [-0.15, -0.1) is 0 Å². The standard InChI is InChI=1S/C12H23N3O2/c13-5-8-17-9-12(16)14-10-4-7-15-6-2-1-3-11(10)15/h10-11H,1-9,13H2,(H,14,16). The van der Waals surface area contributed by atoms with Crippen LogP contribution in [0.1, 0.15) is 25.7 Å². The van der Waals surface area contributed by atoms with Crippen LogP contribution in [0.4, 0.5) is 0 Å². The molecule has 5 nitrogen and oxygen atoms in total. The third-order valence-corrected chi connectivity index (χ3v) is 3.70. The molecule has 0 aromatic rings. The Morgan fingerprint density at radius 1 is 1.35 bits per heavy atom. The Hall–Kier alpha value is -0.650. The fourth-order valence-corrected chi connectivity index (χ4v) is 2.91. The molecule has 98 valence electrons. The van der Waals surface area contributed by atoms with Crippen molar-refractivity contribution in [3.05, 3.63) is 0 Å². The number of rotatable bonds is 5. The van der Waals surface area contributed by atoms with Crippen molar-refractivity contribution in [2.75, 3.05) is 32.8 Å². The van der Waals surface area contributed by atoms with E-state index in [-0.39, 0.29) is 12.5 Å². The number of piperidine rings is 1. The van der Waals surface area contributed by atoms with Crippen molar-refractivity contribution < 1.29 is 9.53 Å². The lowest BCUT2D eigenvalue weighted by molar-refractivity contribution is -0.126. The smallest absolute Gasteiger partial charge is 0.246 e. The molecule has 0 aromatic carbocycles. The minimum absolute atomic E-state index is 0.00382. The van der Waals surface area contributed by atoms with E-state index in [1.165, 1.54) is 25.8 Å². The molecule has 2 heterocycles. The van der Waals surface area contributed by atoms with Crippen molar-refractivity contribution in [1.82, 2.24) is 10.2 Å². The predicted octanol–water partition coefficient (Wildman–Crippen LogP) is -0.295. The Balaban J connectivity index is 1.73. The molecule has 0 spiro atoms. The fraction of sp³-hybridized carbons (Fsp3) is 0.917. The molecule has 2 aliphatic heterocycles. The molecule has 0 radical (unpaired) electrons. The normalized spacial score (nSPS) is 29.0. The molecule has 3 N–H and O–H groups in total. The first-order valence-corrected chi connectivity index (χ1v) is 6.62. The number of hydrogen-bond acceptors (Lipinski definition) is 4. The third-order valence-electron chi connectivity index (χ3n) is 3.70. The van der Waals surface area contributed by atoms with Crippen molar-refractivity contribution in [2.45, 2.75) is 37.8 Å². The van der Waals surface area contributed by atoms with Crippen LogP contribution in [0.25, 0.3) is 0 Å². The lowest BCUT2D eigenvalue weighted by atomic mass is 9.99. The maximum absolute atomic E-state index is 11.7. The second-order valence-electron chi connectivity index (χ2n) is 4.90. The summed E-state index contributed by atoms with van der Waals surface area (Å²) in [5.41, 5.74) is 5.30. The van der Waals surface area contributed by atoms with Gasteiger partial charge in [0.2, 0.25) is 5.91 Å². The van der Waals surface area contributed by atoms with E-state index in [9.17, 15) is 4.79 Å². The zero-order valence-corrected chi connectivity index (χ0v) is 10.4. The molecular weight excluding hydrogens is 218 g/mol. The van der Waals surface area contributed by atoms with Crippen molar-refractivity contribution >= 4 is 5.91 Å². The van der Waals surface area contributed by atoms with Crippen molar-refractivity contribution in [2.24, 2.45) is 5.73 Å². The summed E-state index contributed by atoms with van der Waals surface area (Å²) in [4.78, 5) is 14.2. The van der Waals surface area contributed by atoms with Gasteiger partial charge in [0.15, 0.2) is 0 Å². The molecule has 2 rings (SSSR count). The summed E-state index contributed by atoms with van der Waals surface area (Å²) in [6.45, 7) is 3.38. The molecule has 0 aromatic heterocycles. The van der Waals surface area contributed by atoms with Crippen LogP contribution in [0.15, 0.2) is 0 Å². The highest BCUT2D eigenvalue weighted by Gasteiger charge is 2.35. The monoisotopic (exact) mass is 241 g/mol. The number of nitrogens with two attached hydrogens (primary N) is 1. The number of carbonyl (C=O) groups is 1. The van der Waals surface area contributed by atoms with E-state index in [2.05, 4.69) is 10.2 Å². The SMILES string of the molecule is NCCOCC(=O)NC1CCN2CCCCC12. The zero-order valence-electron chi connectivity index (χ0n) is 10.4. The van der Waals surface area contributed by atoms with E-state index in [4.69, 9.17) is 10.5 Å². The summed E-state index contributed by atoms with van der Waals surface area (Å²) in [5.74, 6) is -0.00382. The van der Waals surface area contributed by atoms with Gasteiger partial charge in [-0.2, -0.15) is 0 Å². The molecule has 2 atom stereocenters. The lowest BCUT2D eigenvalue weighted by Crippen LogP contribution is -2.47. The summed E-state index contributed by atoms with van der Waals surface area (Å²) in [6, 6.07) is 0.881. The van der Waals surface area contributed by atoms with Crippen molar-refractivity contribution in [1.29, 1.82) is 0 Å². The predicted molar refractivity (Wildman–Crippen MR) is 65.6 cm³/mol. The van der Waals surface area contributed by atoms with Gasteiger partial charge in [0.25, 0.3) is 0 Å². The Morgan fingerprint density at radius 3 is 3.06 bits per heavy atom. The zero-order chi connectivity index (χ0) is 12.1. The Kier molecular flexibility index (Phi) is 4.76. The van der Waals surface area contributed by atoms with Crippen LogP contribution in [-0.4, -0.2) is 55.7 Å². The summed E-state index contributed by atoms with van der Waals surface area (Å²) in [5, 5.41) is 3.09. The number of carbonyl (C=O) groups excluding carboxylic acids is 1. The highest BCUT2D eigenvalue weighted by Crippen LogP contribution is 2.26. The summed E-state index contributed by atoms with van der Waals surface area (Å²) in [7, 11) is 0. The minimum Gasteiger partial charge on any atom is -0.370 e. The molecular formula is C12H23N3O2. The number of hydrogen-bond donors (Lipinski definition) is 2. The van der Waals surface area contributed by atoms with Gasteiger partial charge in [0.05, 0.1) is 6.61 Å². The van der Waals surface area contributed by atoms with Crippen molar-refractivity contribution in [3.63, 3.8) is 0 Å². The quantitative estimate of drug-likeness (QED) is 0.649. The molecule has 0 saturated carbocycles. The Morgan fingerprint density at radius 2 is 2.24 bits per heavy atom. The number of ether oxygens (including phenoxy) is 1. The van der Waals surface area contributed by atoms with E-state index in [1.54, 1.807) is 0 Å². The second-order valence-corrected chi connectivity index (χ2v) is 4.90. The molecule has 2 unspecified atom stereocenters. The van der Waals surface area contributed by atoms with Gasteiger partial charge in [0, 0.05) is 25.2 Å². The van der Waals surface area contributed by atoms with Gasteiger partial charge in [0.1, 0.15) is 6.61 Å². The first-order chi connectivity index (χ1) is 8.31. The summed E-state index contributed by atoms with van der Waals surface area (Å²) >= 11 is 0. The van der Waals surface area contributed by atoms with Gasteiger partial charge in [-0.1, -0.05) is 6.42 Å². The number of fused-ring (bicyclic) bond motifs is 1. The van der Waals surface area contributed by atoms with Crippen molar-refractivity contribution in [3.8, 4) is 0 Å².